The number of nitrogens with zero attached hydrogens (tertiary/aromatic N) is 4. The van der Waals surface area contributed by atoms with Crippen LogP contribution in [0.15, 0.2) is 36.0 Å². The highest BCUT2D eigenvalue weighted by Gasteiger charge is 2.24. The monoisotopic (exact) mass is 340 g/mol. The number of esters is 1. The van der Waals surface area contributed by atoms with Crippen molar-refractivity contribution in [2.75, 3.05) is 0 Å². The molecule has 122 valence electrons. The maximum absolute atomic E-state index is 12.6. The van der Waals surface area contributed by atoms with E-state index in [0.29, 0.717) is 17.2 Å². The minimum atomic E-state index is -0.295. The molecule has 0 saturated carbocycles. The Balaban J connectivity index is 1.56. The zero-order chi connectivity index (χ0) is 16.5. The van der Waals surface area contributed by atoms with Gasteiger partial charge in [-0.3, -0.25) is 0 Å². The second-order valence-corrected chi connectivity index (χ2v) is 7.00. The molecule has 4 rings (SSSR count). The lowest BCUT2D eigenvalue weighted by molar-refractivity contribution is 0.0734. The standard InChI is InChI=1S/C17H16N4O2S/c1-11-5-6-14-15(9-24-16(14)7-11)17(22)23-13-4-2-3-12(8-13)21-10-18-19-20-21/h2-4,8-11H,5-7H2,1H3/t11-/m0/s1. The van der Waals surface area contributed by atoms with Crippen molar-refractivity contribution in [2.24, 2.45) is 5.92 Å². The van der Waals surface area contributed by atoms with Gasteiger partial charge in [-0.15, -0.1) is 16.4 Å². The first-order chi connectivity index (χ1) is 11.7. The molecule has 2 heterocycles. The van der Waals surface area contributed by atoms with Crippen LogP contribution in [-0.2, 0) is 12.8 Å². The second-order valence-electron chi connectivity index (χ2n) is 6.04. The number of hydrogen-bond donors (Lipinski definition) is 0. The summed E-state index contributed by atoms with van der Waals surface area (Å²) in [6.07, 6.45) is 4.63. The first-order valence-corrected chi connectivity index (χ1v) is 8.73. The van der Waals surface area contributed by atoms with E-state index in [1.165, 1.54) is 21.4 Å². The van der Waals surface area contributed by atoms with E-state index < -0.39 is 0 Å². The summed E-state index contributed by atoms with van der Waals surface area (Å²) in [5.74, 6) is 0.876. The van der Waals surface area contributed by atoms with Crippen LogP contribution < -0.4 is 4.74 Å². The Labute approximate surface area is 143 Å². The Hall–Kier alpha value is -2.54. The summed E-state index contributed by atoms with van der Waals surface area (Å²) in [5, 5.41) is 13.0. The van der Waals surface area contributed by atoms with Crippen molar-refractivity contribution < 1.29 is 9.53 Å². The van der Waals surface area contributed by atoms with Crippen LogP contribution in [0.1, 0.15) is 34.1 Å². The first kappa shape index (κ1) is 15.0. The van der Waals surface area contributed by atoms with Gasteiger partial charge < -0.3 is 4.74 Å². The Morgan fingerprint density at radius 3 is 3.17 bits per heavy atom. The lowest BCUT2D eigenvalue weighted by Crippen LogP contribution is -2.15. The molecule has 2 aromatic heterocycles. The van der Waals surface area contributed by atoms with Gasteiger partial charge in [-0.1, -0.05) is 13.0 Å². The zero-order valence-corrected chi connectivity index (χ0v) is 14.0. The van der Waals surface area contributed by atoms with Gasteiger partial charge >= 0.3 is 5.97 Å². The minimum absolute atomic E-state index is 0.295. The Bertz CT molecular complexity index is 873. The van der Waals surface area contributed by atoms with E-state index in [9.17, 15) is 4.79 Å². The molecule has 0 spiro atoms. The smallest absolute Gasteiger partial charge is 0.344 e. The highest BCUT2D eigenvalue weighted by Crippen LogP contribution is 2.33. The Morgan fingerprint density at radius 2 is 2.33 bits per heavy atom. The molecule has 3 aromatic rings. The van der Waals surface area contributed by atoms with Gasteiger partial charge in [0.1, 0.15) is 12.1 Å². The van der Waals surface area contributed by atoms with Crippen LogP contribution in [0.2, 0.25) is 0 Å². The highest BCUT2D eigenvalue weighted by atomic mass is 32.1. The average molecular weight is 340 g/mol. The van der Waals surface area contributed by atoms with Crippen LogP contribution in [0, 0.1) is 5.92 Å². The van der Waals surface area contributed by atoms with Gasteiger partial charge in [0.05, 0.1) is 11.3 Å². The fraction of sp³-hybridized carbons (Fsp3) is 0.294. The number of rotatable bonds is 3. The molecule has 0 bridgehead atoms. The molecular weight excluding hydrogens is 324 g/mol. The van der Waals surface area contributed by atoms with E-state index in [1.807, 2.05) is 17.5 Å². The van der Waals surface area contributed by atoms with E-state index in [0.717, 1.165) is 24.9 Å². The SMILES string of the molecule is C[C@H]1CCc2c(C(=O)Oc3cccc(-n4cnnn4)c3)csc2C1. The van der Waals surface area contributed by atoms with Crippen molar-refractivity contribution in [1.82, 2.24) is 20.2 Å². The number of benzene rings is 1. The molecule has 24 heavy (non-hydrogen) atoms. The lowest BCUT2D eigenvalue weighted by Gasteiger charge is -2.18. The third kappa shape index (κ3) is 2.82. The summed E-state index contributed by atoms with van der Waals surface area (Å²) in [6.45, 7) is 2.26. The minimum Gasteiger partial charge on any atom is -0.423 e. The topological polar surface area (TPSA) is 69.9 Å². The maximum atomic E-state index is 12.6. The van der Waals surface area contributed by atoms with E-state index in [2.05, 4.69) is 22.4 Å². The van der Waals surface area contributed by atoms with E-state index in [4.69, 9.17) is 4.74 Å². The van der Waals surface area contributed by atoms with Crippen LogP contribution in [0.25, 0.3) is 5.69 Å². The molecule has 6 nitrogen and oxygen atoms in total. The van der Waals surface area contributed by atoms with Crippen LogP contribution in [0.3, 0.4) is 0 Å². The van der Waals surface area contributed by atoms with E-state index in [1.54, 1.807) is 23.5 Å². The summed E-state index contributed by atoms with van der Waals surface area (Å²) in [7, 11) is 0. The highest BCUT2D eigenvalue weighted by molar-refractivity contribution is 7.10. The van der Waals surface area contributed by atoms with Gasteiger partial charge in [0, 0.05) is 16.3 Å². The number of carbonyl (C=O) groups is 1. The van der Waals surface area contributed by atoms with Crippen LogP contribution in [0.5, 0.6) is 5.75 Å². The molecule has 0 aliphatic heterocycles. The molecule has 0 radical (unpaired) electrons. The predicted molar refractivity (Wildman–Crippen MR) is 89.6 cm³/mol. The molecule has 0 fully saturated rings. The van der Waals surface area contributed by atoms with Gasteiger partial charge in [0.25, 0.3) is 0 Å². The Morgan fingerprint density at radius 1 is 1.42 bits per heavy atom. The number of aromatic nitrogens is 4. The number of tetrazole rings is 1. The van der Waals surface area contributed by atoms with Gasteiger partial charge in [-0.05, 0) is 53.3 Å². The third-order valence-corrected chi connectivity index (χ3v) is 5.31. The van der Waals surface area contributed by atoms with Crippen LogP contribution in [-0.4, -0.2) is 26.2 Å². The molecule has 1 aromatic carbocycles. The fourth-order valence-corrected chi connectivity index (χ4v) is 4.21. The van der Waals surface area contributed by atoms with Crippen molar-refractivity contribution in [3.63, 3.8) is 0 Å². The van der Waals surface area contributed by atoms with E-state index >= 15 is 0 Å². The number of hydrogen-bond acceptors (Lipinski definition) is 6. The molecule has 0 unspecified atom stereocenters. The maximum Gasteiger partial charge on any atom is 0.344 e. The average Bonchev–Trinajstić information content (AvgIpc) is 3.24. The number of thiophene rings is 1. The van der Waals surface area contributed by atoms with Crippen molar-refractivity contribution in [1.29, 1.82) is 0 Å². The quantitative estimate of drug-likeness (QED) is 0.541. The van der Waals surface area contributed by atoms with Crippen molar-refractivity contribution >= 4 is 17.3 Å². The number of fused-ring (bicyclic) bond motifs is 1. The molecular formula is C17H16N4O2S. The summed E-state index contributed by atoms with van der Waals surface area (Å²) in [6, 6.07) is 7.16. The Kier molecular flexibility index (Phi) is 3.86. The van der Waals surface area contributed by atoms with E-state index in [-0.39, 0.29) is 5.97 Å². The molecule has 0 saturated heterocycles. The second kappa shape index (κ2) is 6.16. The molecule has 1 aliphatic rings. The molecule has 0 N–H and O–H groups in total. The van der Waals surface area contributed by atoms with Crippen molar-refractivity contribution in [3.05, 3.63) is 52.0 Å². The van der Waals surface area contributed by atoms with Crippen LogP contribution in [0.4, 0.5) is 0 Å². The molecule has 1 aliphatic carbocycles. The first-order valence-electron chi connectivity index (χ1n) is 7.85. The zero-order valence-electron chi connectivity index (χ0n) is 13.2. The molecule has 0 amide bonds. The van der Waals surface area contributed by atoms with Crippen molar-refractivity contribution in [2.45, 2.75) is 26.2 Å². The summed E-state index contributed by atoms with van der Waals surface area (Å²) < 4.78 is 7.10. The fourth-order valence-electron chi connectivity index (χ4n) is 2.98. The molecule has 1 atom stereocenters. The van der Waals surface area contributed by atoms with Crippen molar-refractivity contribution in [3.8, 4) is 11.4 Å². The van der Waals surface area contributed by atoms with Gasteiger partial charge in [0.15, 0.2) is 0 Å². The lowest BCUT2D eigenvalue weighted by atomic mass is 9.88. The van der Waals surface area contributed by atoms with Crippen LogP contribution >= 0.6 is 11.3 Å². The number of ether oxygens (including phenoxy) is 1. The summed E-state index contributed by atoms with van der Waals surface area (Å²) in [4.78, 5) is 13.9. The van der Waals surface area contributed by atoms with Gasteiger partial charge in [-0.25, -0.2) is 9.48 Å². The third-order valence-electron chi connectivity index (χ3n) is 4.26. The summed E-state index contributed by atoms with van der Waals surface area (Å²) in [5.41, 5.74) is 2.61. The summed E-state index contributed by atoms with van der Waals surface area (Å²) >= 11 is 1.66. The van der Waals surface area contributed by atoms with Gasteiger partial charge in [-0.2, -0.15) is 0 Å². The largest absolute Gasteiger partial charge is 0.423 e. The molecule has 7 heteroatoms. The van der Waals surface area contributed by atoms with Gasteiger partial charge in [0.2, 0.25) is 0 Å². The normalized spacial score (nSPS) is 16.6. The predicted octanol–water partition coefficient (Wildman–Crippen LogP) is 3.07. The number of carbonyl (C=O) groups excluding carboxylic acids is 1.